The molecule has 0 amide bonds. The number of hydrogen-bond donors (Lipinski definition) is 6. The zero-order valence-electron chi connectivity index (χ0n) is 33.1. The molecule has 318 valence electrons. The van der Waals surface area contributed by atoms with Crippen LogP contribution in [0.15, 0.2) is 24.3 Å². The maximum Gasteiger partial charge on any atom is 0.238 e. The number of rotatable bonds is 18. The van der Waals surface area contributed by atoms with Crippen LogP contribution in [0.25, 0.3) is 6.08 Å². The first-order valence-corrected chi connectivity index (χ1v) is 19.5. The monoisotopic (exact) mass is 838 g/mol. The van der Waals surface area contributed by atoms with Crippen LogP contribution in [0, 0.1) is 12.3 Å². The molecule has 3 fully saturated rings. The van der Waals surface area contributed by atoms with E-state index in [1.807, 2.05) is 32.9 Å². The summed E-state index contributed by atoms with van der Waals surface area (Å²) in [4.78, 5) is 49.7. The number of likely N-dealkylation sites (tertiary alicyclic amines) is 1. The van der Waals surface area contributed by atoms with E-state index in [4.69, 9.17) is 9.47 Å². The molecule has 1 unspecified atom stereocenters. The molecule has 16 heteroatoms. The highest BCUT2D eigenvalue weighted by Crippen LogP contribution is 2.50. The van der Waals surface area contributed by atoms with Crippen molar-refractivity contribution in [2.45, 2.75) is 126 Å². The third-order valence-corrected chi connectivity index (χ3v) is 12.1. The van der Waals surface area contributed by atoms with E-state index >= 15 is 0 Å². The Bertz CT molecular complexity index is 1680. The number of nitrogens with one attached hydrogen (secondary N) is 2. The van der Waals surface area contributed by atoms with Crippen LogP contribution in [0.2, 0.25) is 0 Å². The Morgan fingerprint density at radius 2 is 1.67 bits per heavy atom. The molecule has 0 aliphatic carbocycles. The molecule has 1 aromatic carbocycles. The minimum absolute atomic E-state index is 0. The molecular formula is C41H60Cl2N4O10. The molecule has 2 aromatic rings. The fourth-order valence-corrected chi connectivity index (χ4v) is 8.96. The number of hydrogen-bond acceptors (Lipinski definition) is 13. The van der Waals surface area contributed by atoms with Crippen molar-refractivity contribution in [2.24, 2.45) is 5.41 Å². The number of halogens is 2. The van der Waals surface area contributed by atoms with Crippen molar-refractivity contribution in [2.75, 3.05) is 32.7 Å². The summed E-state index contributed by atoms with van der Waals surface area (Å²) in [5, 5.41) is 57.6. The lowest BCUT2D eigenvalue weighted by atomic mass is 9.61. The number of H-pyrrole nitrogens is 1. The highest BCUT2D eigenvalue weighted by molar-refractivity contribution is 5.85. The quantitative estimate of drug-likeness (QED) is 0.119. The number of aliphatic hydroxyl groups excluding tert-OH is 1. The van der Waals surface area contributed by atoms with E-state index in [1.54, 1.807) is 0 Å². The van der Waals surface area contributed by atoms with Gasteiger partial charge in [-0.3, -0.25) is 5.10 Å². The number of benzene rings is 1. The molecule has 1 spiro atoms. The smallest absolute Gasteiger partial charge is 0.238 e. The van der Waals surface area contributed by atoms with Crippen molar-refractivity contribution in [1.82, 2.24) is 20.4 Å². The zero-order valence-corrected chi connectivity index (χ0v) is 34.7. The van der Waals surface area contributed by atoms with E-state index in [0.717, 1.165) is 49.3 Å². The molecule has 3 saturated heterocycles. The van der Waals surface area contributed by atoms with Gasteiger partial charge in [-0.15, -0.1) is 29.9 Å². The number of carbonyl (C=O) groups excluding carboxylic acids is 4. The summed E-state index contributed by atoms with van der Waals surface area (Å²) in [6.07, 6.45) is 2.68. The zero-order chi connectivity index (χ0) is 39.9. The Morgan fingerprint density at radius 1 is 0.982 bits per heavy atom. The van der Waals surface area contributed by atoms with Crippen LogP contribution in [0.5, 0.6) is 5.88 Å². The summed E-state index contributed by atoms with van der Waals surface area (Å²) in [7, 11) is 0. The second-order valence-corrected chi connectivity index (χ2v) is 16.1. The summed E-state index contributed by atoms with van der Waals surface area (Å²) >= 11 is 0. The Balaban J connectivity index is 0.00000435. The van der Waals surface area contributed by atoms with Gasteiger partial charge >= 0.3 is 0 Å². The second kappa shape index (κ2) is 20.8. The van der Waals surface area contributed by atoms with Gasteiger partial charge in [-0.25, -0.2) is 0 Å². The number of ether oxygens (including phenoxy) is 2. The average molecular weight is 840 g/mol. The number of aryl methyl sites for hydroxylation is 1. The maximum atomic E-state index is 12.1. The molecule has 5 rings (SSSR count). The van der Waals surface area contributed by atoms with Gasteiger partial charge in [-0.05, 0) is 86.7 Å². The number of aldehydes is 4. The second-order valence-electron chi connectivity index (χ2n) is 16.1. The molecule has 57 heavy (non-hydrogen) atoms. The van der Waals surface area contributed by atoms with Gasteiger partial charge in [0.2, 0.25) is 12.2 Å². The molecule has 0 radical (unpaired) electrons. The molecule has 1 aromatic heterocycles. The van der Waals surface area contributed by atoms with E-state index in [9.17, 15) is 39.6 Å². The minimum atomic E-state index is -2.96. The van der Waals surface area contributed by atoms with Gasteiger partial charge < -0.3 is 59.3 Å². The lowest BCUT2D eigenvalue weighted by molar-refractivity contribution is -0.393. The SMILES string of the molecule is Cc1cc(/C=C/CCN2CCCC3(CCNCC3)C2)ccc1Cc1c(O[C@H]2O[C@H](C(O)CC=O)[C@](O)(CC=O)[C@@](O)(CC=O)[C@]2(O)CC=O)n[nH]c1C(C)C.Cl.Cl. The summed E-state index contributed by atoms with van der Waals surface area (Å²) in [6.45, 7) is 11.5. The Kier molecular flexibility index (Phi) is 17.6. The third-order valence-electron chi connectivity index (χ3n) is 12.1. The van der Waals surface area contributed by atoms with Crippen LogP contribution >= 0.6 is 24.8 Å². The fourth-order valence-electron chi connectivity index (χ4n) is 8.96. The molecule has 3 aliphatic rings. The van der Waals surface area contributed by atoms with Crippen molar-refractivity contribution >= 4 is 56.0 Å². The van der Waals surface area contributed by atoms with Gasteiger partial charge in [-0.1, -0.05) is 44.2 Å². The van der Waals surface area contributed by atoms with Crippen LogP contribution < -0.4 is 10.1 Å². The number of aliphatic hydroxyl groups is 4. The summed E-state index contributed by atoms with van der Waals surface area (Å²) in [5.41, 5.74) is -3.81. The Hall–Kier alpha value is -3.05. The number of aromatic amines is 1. The van der Waals surface area contributed by atoms with Gasteiger partial charge in [0.15, 0.2) is 5.60 Å². The van der Waals surface area contributed by atoms with E-state index < -0.39 is 61.0 Å². The van der Waals surface area contributed by atoms with Crippen molar-refractivity contribution < 1.29 is 49.1 Å². The lowest BCUT2D eigenvalue weighted by Gasteiger charge is -2.60. The van der Waals surface area contributed by atoms with Crippen LogP contribution in [0.4, 0.5) is 0 Å². The van der Waals surface area contributed by atoms with Crippen molar-refractivity contribution in [3.8, 4) is 5.88 Å². The lowest BCUT2D eigenvalue weighted by Crippen LogP contribution is -2.82. The Labute approximate surface area is 347 Å². The largest absolute Gasteiger partial charge is 0.443 e. The van der Waals surface area contributed by atoms with Crippen LogP contribution in [-0.2, 0) is 30.3 Å². The number of nitrogens with zero attached hydrogens (tertiary/aromatic N) is 2. The third kappa shape index (κ3) is 10.0. The molecule has 6 N–H and O–H groups in total. The molecule has 3 aliphatic heterocycles. The topological polar surface area (TPSA) is 212 Å². The first-order valence-electron chi connectivity index (χ1n) is 19.5. The van der Waals surface area contributed by atoms with Crippen LogP contribution in [0.3, 0.4) is 0 Å². The molecule has 0 bridgehead atoms. The van der Waals surface area contributed by atoms with E-state index in [-0.39, 0.29) is 55.5 Å². The first-order chi connectivity index (χ1) is 26.3. The van der Waals surface area contributed by atoms with Crippen molar-refractivity contribution in [1.29, 1.82) is 0 Å². The van der Waals surface area contributed by atoms with Gasteiger partial charge in [0, 0.05) is 56.5 Å². The van der Waals surface area contributed by atoms with E-state index in [2.05, 4.69) is 38.6 Å². The van der Waals surface area contributed by atoms with Gasteiger partial charge in [0.05, 0.1) is 6.10 Å². The Morgan fingerprint density at radius 3 is 2.30 bits per heavy atom. The number of aromatic nitrogens is 2. The predicted octanol–water partition coefficient (Wildman–Crippen LogP) is 3.16. The molecule has 6 atom stereocenters. The maximum absolute atomic E-state index is 12.1. The number of piperidine rings is 2. The summed E-state index contributed by atoms with van der Waals surface area (Å²) < 4.78 is 12.1. The van der Waals surface area contributed by atoms with Crippen molar-refractivity contribution in [3.05, 3.63) is 52.2 Å². The van der Waals surface area contributed by atoms with Crippen molar-refractivity contribution in [3.63, 3.8) is 0 Å². The minimum Gasteiger partial charge on any atom is -0.443 e. The fraction of sp³-hybridized carbons (Fsp3) is 0.634. The molecule has 0 saturated carbocycles. The van der Waals surface area contributed by atoms with Crippen LogP contribution in [0.1, 0.15) is 106 Å². The summed E-state index contributed by atoms with van der Waals surface area (Å²) in [6, 6.07) is 6.17. The first kappa shape index (κ1) is 48.3. The molecular weight excluding hydrogens is 779 g/mol. The van der Waals surface area contributed by atoms with E-state index in [1.165, 1.54) is 32.2 Å². The highest BCUT2D eigenvalue weighted by Gasteiger charge is 2.73. The van der Waals surface area contributed by atoms with Gasteiger partial charge in [-0.2, -0.15) is 0 Å². The molecule has 14 nitrogen and oxygen atoms in total. The standard InChI is InChI=1S/C41H58N4O10.2ClH/c1-28(2)34-32(26-31-9-8-30(25-29(31)3)7-4-5-19-45-20-6-11-38(27-45)12-17-42-18-13-38)36(44-43-34)55-37-40(52,15-23-48)41(53,16-24-49)39(51,14-22-47)35(54-37)33(50)10-21-46;;/h4,7-9,21-25,28,33,35,37,42,50-53H,5-6,10-20,26-27H2,1-3H3,(H,43,44);2*1H/b7-4+;;/t33?,35-,37-,39-,40+,41+;;/m1../s1. The average Bonchev–Trinajstić information content (AvgIpc) is 3.55. The highest BCUT2D eigenvalue weighted by atomic mass is 35.5. The van der Waals surface area contributed by atoms with Gasteiger partial charge in [0.1, 0.15) is 42.5 Å². The predicted molar refractivity (Wildman–Crippen MR) is 218 cm³/mol. The van der Waals surface area contributed by atoms with E-state index in [0.29, 0.717) is 29.4 Å². The summed E-state index contributed by atoms with van der Waals surface area (Å²) in [5.74, 6) is -0.122. The normalized spacial score (nSPS) is 28.0. The van der Waals surface area contributed by atoms with Gasteiger partial charge in [0.25, 0.3) is 0 Å². The molecule has 4 heterocycles. The number of carbonyl (C=O) groups is 4. The van der Waals surface area contributed by atoms with Crippen LogP contribution in [-0.4, -0.2) is 129 Å².